The molecule has 12 heavy (non-hydrogen) atoms. The topological polar surface area (TPSA) is 25.8 Å². The molecule has 0 N–H and O–H groups in total. The Labute approximate surface area is 75.1 Å². The third-order valence-electron chi connectivity index (χ3n) is 1.47. The summed E-state index contributed by atoms with van der Waals surface area (Å²) in [7, 11) is 0. The van der Waals surface area contributed by atoms with E-state index in [2.05, 4.69) is 16.9 Å². The third-order valence-corrected chi connectivity index (χ3v) is 1.47. The zero-order chi connectivity index (χ0) is 9.40. The van der Waals surface area contributed by atoms with Crippen LogP contribution in [0.25, 0.3) is 0 Å². The lowest BCUT2D eigenvalue weighted by molar-refractivity contribution is 0.852. The van der Waals surface area contributed by atoms with E-state index in [1.54, 1.807) is 12.4 Å². The molecule has 2 heteroatoms. The van der Waals surface area contributed by atoms with Gasteiger partial charge in [0.25, 0.3) is 0 Å². The van der Waals surface area contributed by atoms with Gasteiger partial charge in [-0.1, -0.05) is 27.2 Å². The molecule has 0 saturated carbocycles. The van der Waals surface area contributed by atoms with Crippen molar-refractivity contribution in [3.63, 3.8) is 0 Å². The Bertz CT molecular complexity index is 209. The van der Waals surface area contributed by atoms with E-state index >= 15 is 0 Å². The minimum atomic E-state index is 1.04. The summed E-state index contributed by atoms with van der Waals surface area (Å²) in [5.41, 5.74) is 2.19. The van der Waals surface area contributed by atoms with Gasteiger partial charge in [-0.3, -0.25) is 9.97 Å². The Morgan fingerprint density at radius 3 is 2.25 bits per heavy atom. The van der Waals surface area contributed by atoms with Crippen LogP contribution < -0.4 is 0 Å². The van der Waals surface area contributed by atoms with Gasteiger partial charge in [-0.15, -0.1) is 0 Å². The van der Waals surface area contributed by atoms with Gasteiger partial charge in [-0.25, -0.2) is 0 Å². The third kappa shape index (κ3) is 3.46. The Kier molecular flexibility index (Phi) is 6.25. The molecular formula is C10H18N2. The second-order valence-corrected chi connectivity index (χ2v) is 2.34. The molecule has 0 bridgehead atoms. The van der Waals surface area contributed by atoms with Gasteiger partial charge in [0, 0.05) is 12.4 Å². The van der Waals surface area contributed by atoms with E-state index < -0.39 is 0 Å². The molecule has 0 aliphatic rings. The molecule has 0 amide bonds. The Morgan fingerprint density at radius 2 is 1.75 bits per heavy atom. The summed E-state index contributed by atoms with van der Waals surface area (Å²) in [5.74, 6) is 0. The highest BCUT2D eigenvalue weighted by Crippen LogP contribution is 2.01. The minimum Gasteiger partial charge on any atom is -0.258 e. The van der Waals surface area contributed by atoms with Crippen LogP contribution in [0.1, 0.15) is 38.6 Å². The SMILES string of the molecule is CC.CCCc1nccnc1C. The number of rotatable bonds is 2. The summed E-state index contributed by atoms with van der Waals surface area (Å²) in [4.78, 5) is 8.34. The highest BCUT2D eigenvalue weighted by atomic mass is 14.8. The van der Waals surface area contributed by atoms with Gasteiger partial charge >= 0.3 is 0 Å². The van der Waals surface area contributed by atoms with Gasteiger partial charge in [0.05, 0.1) is 11.4 Å². The first-order valence-corrected chi connectivity index (χ1v) is 4.61. The zero-order valence-electron chi connectivity index (χ0n) is 8.46. The van der Waals surface area contributed by atoms with Crippen molar-refractivity contribution in [2.75, 3.05) is 0 Å². The summed E-state index contributed by atoms with van der Waals surface area (Å²) in [6.07, 6.45) is 5.66. The number of nitrogens with zero attached hydrogens (tertiary/aromatic N) is 2. The molecule has 1 rings (SSSR count). The van der Waals surface area contributed by atoms with Gasteiger partial charge in [-0.2, -0.15) is 0 Å². The number of aromatic nitrogens is 2. The maximum Gasteiger partial charge on any atom is 0.0615 e. The largest absolute Gasteiger partial charge is 0.258 e. The molecule has 0 unspecified atom stereocenters. The molecule has 0 spiro atoms. The van der Waals surface area contributed by atoms with Crippen molar-refractivity contribution in [1.29, 1.82) is 0 Å². The maximum absolute atomic E-state index is 4.21. The van der Waals surface area contributed by atoms with Crippen LogP contribution >= 0.6 is 0 Å². The second-order valence-electron chi connectivity index (χ2n) is 2.34. The number of aryl methyl sites for hydroxylation is 2. The summed E-state index contributed by atoms with van der Waals surface area (Å²) < 4.78 is 0. The molecule has 1 aromatic heterocycles. The van der Waals surface area contributed by atoms with Crippen LogP contribution in [0.5, 0.6) is 0 Å². The van der Waals surface area contributed by atoms with Gasteiger partial charge < -0.3 is 0 Å². The normalized spacial score (nSPS) is 8.67. The smallest absolute Gasteiger partial charge is 0.0615 e. The van der Waals surface area contributed by atoms with Crippen molar-refractivity contribution < 1.29 is 0 Å². The first-order valence-electron chi connectivity index (χ1n) is 4.61. The van der Waals surface area contributed by atoms with Gasteiger partial charge in [0.15, 0.2) is 0 Å². The van der Waals surface area contributed by atoms with E-state index in [9.17, 15) is 0 Å². The van der Waals surface area contributed by atoms with Gasteiger partial charge in [0.2, 0.25) is 0 Å². The van der Waals surface area contributed by atoms with Gasteiger partial charge in [-0.05, 0) is 13.3 Å². The molecule has 1 heterocycles. The average Bonchev–Trinajstić information content (AvgIpc) is 2.13. The zero-order valence-corrected chi connectivity index (χ0v) is 8.46. The first-order chi connectivity index (χ1) is 5.84. The number of hydrogen-bond donors (Lipinski definition) is 0. The molecule has 1 aromatic rings. The summed E-state index contributed by atoms with van der Waals surface area (Å²) in [6.45, 7) is 8.14. The highest BCUT2D eigenvalue weighted by molar-refractivity contribution is 5.07. The lowest BCUT2D eigenvalue weighted by atomic mass is 10.2. The lowest BCUT2D eigenvalue weighted by Crippen LogP contribution is -1.94. The number of hydrogen-bond acceptors (Lipinski definition) is 2. The van der Waals surface area contributed by atoms with E-state index in [4.69, 9.17) is 0 Å². The summed E-state index contributed by atoms with van der Waals surface area (Å²) in [5, 5.41) is 0. The second kappa shape index (κ2) is 6.77. The van der Waals surface area contributed by atoms with E-state index in [0.717, 1.165) is 24.2 Å². The van der Waals surface area contributed by atoms with Crippen molar-refractivity contribution >= 4 is 0 Å². The van der Waals surface area contributed by atoms with E-state index in [1.165, 1.54) is 0 Å². The van der Waals surface area contributed by atoms with Crippen LogP contribution in [-0.2, 0) is 6.42 Å². The van der Waals surface area contributed by atoms with Crippen molar-refractivity contribution in [3.8, 4) is 0 Å². The standard InChI is InChI=1S/C8H12N2.C2H6/c1-3-4-8-7(2)9-5-6-10-8;1-2/h5-6H,3-4H2,1-2H3;1-2H3. The lowest BCUT2D eigenvalue weighted by Gasteiger charge is -1.98. The van der Waals surface area contributed by atoms with Crippen LogP contribution in [-0.4, -0.2) is 9.97 Å². The summed E-state index contributed by atoms with van der Waals surface area (Å²) in [6, 6.07) is 0. The van der Waals surface area contributed by atoms with Crippen LogP contribution in [0.4, 0.5) is 0 Å². The predicted octanol–water partition coefficient (Wildman–Crippen LogP) is 2.76. The fourth-order valence-corrected chi connectivity index (χ4v) is 0.919. The van der Waals surface area contributed by atoms with Crippen molar-refractivity contribution in [2.45, 2.75) is 40.5 Å². The molecule has 0 saturated heterocycles. The molecule has 0 aliphatic heterocycles. The first kappa shape index (κ1) is 11.1. The van der Waals surface area contributed by atoms with Gasteiger partial charge in [0.1, 0.15) is 0 Å². The minimum absolute atomic E-state index is 1.04. The van der Waals surface area contributed by atoms with Crippen molar-refractivity contribution in [2.24, 2.45) is 0 Å². The summed E-state index contributed by atoms with van der Waals surface area (Å²) >= 11 is 0. The van der Waals surface area contributed by atoms with E-state index in [0.29, 0.717) is 0 Å². The molecule has 0 aromatic carbocycles. The van der Waals surface area contributed by atoms with Crippen molar-refractivity contribution in [1.82, 2.24) is 9.97 Å². The monoisotopic (exact) mass is 166 g/mol. The fraction of sp³-hybridized carbons (Fsp3) is 0.600. The predicted molar refractivity (Wildman–Crippen MR) is 52.1 cm³/mol. The quantitative estimate of drug-likeness (QED) is 0.675. The van der Waals surface area contributed by atoms with E-state index in [-0.39, 0.29) is 0 Å². The molecule has 68 valence electrons. The van der Waals surface area contributed by atoms with Crippen LogP contribution in [0, 0.1) is 6.92 Å². The molecule has 0 aliphatic carbocycles. The van der Waals surface area contributed by atoms with Crippen LogP contribution in [0.3, 0.4) is 0 Å². The van der Waals surface area contributed by atoms with Crippen molar-refractivity contribution in [3.05, 3.63) is 23.8 Å². The Hall–Kier alpha value is -0.920. The molecule has 2 nitrogen and oxygen atoms in total. The molecular weight excluding hydrogens is 148 g/mol. The highest BCUT2D eigenvalue weighted by Gasteiger charge is 1.95. The van der Waals surface area contributed by atoms with Crippen LogP contribution in [0.2, 0.25) is 0 Å². The molecule has 0 fully saturated rings. The average molecular weight is 166 g/mol. The molecule has 0 atom stereocenters. The molecule has 0 radical (unpaired) electrons. The van der Waals surface area contributed by atoms with E-state index in [1.807, 2.05) is 20.8 Å². The fourth-order valence-electron chi connectivity index (χ4n) is 0.919. The van der Waals surface area contributed by atoms with Crippen LogP contribution in [0.15, 0.2) is 12.4 Å². The Balaban J connectivity index is 0.000000561. The Morgan fingerprint density at radius 1 is 1.17 bits per heavy atom. The maximum atomic E-state index is 4.21.